The van der Waals surface area contributed by atoms with Crippen LogP contribution in [-0.4, -0.2) is 76.5 Å². The molecule has 0 saturated carbocycles. The summed E-state index contributed by atoms with van der Waals surface area (Å²) in [5, 5.41) is 3.69. The van der Waals surface area contributed by atoms with Crippen LogP contribution in [0.2, 0.25) is 5.02 Å². The number of carbonyl (C=O) groups is 1. The van der Waals surface area contributed by atoms with E-state index in [0.717, 1.165) is 39.7 Å². The van der Waals surface area contributed by atoms with E-state index in [0.29, 0.717) is 24.5 Å². The van der Waals surface area contributed by atoms with E-state index in [1.807, 2.05) is 29.0 Å². The summed E-state index contributed by atoms with van der Waals surface area (Å²) < 4.78 is 29.8. The average molecular weight is 650 g/mol. The fraction of sp³-hybridized carbons (Fsp3) is 0.464. The minimum Gasteiger partial charge on any atom is -0.355 e. The Balaban J connectivity index is 1.43. The molecule has 0 spiro atoms. The zero-order valence-corrected chi connectivity index (χ0v) is 26.0. The number of aromatic nitrogens is 3. The van der Waals surface area contributed by atoms with Crippen LogP contribution in [0.1, 0.15) is 48.7 Å². The van der Waals surface area contributed by atoms with Gasteiger partial charge >= 0.3 is 0 Å². The molecule has 0 radical (unpaired) electrons. The highest BCUT2D eigenvalue weighted by Crippen LogP contribution is 2.38. The Hall–Kier alpha value is -2.31. The van der Waals surface area contributed by atoms with E-state index in [2.05, 4.69) is 51.0 Å². The Bertz CT molecular complexity index is 1440. The molecule has 1 fully saturated rings. The molecule has 3 heterocycles. The number of fused-ring (bicyclic) bond motifs is 2. The lowest BCUT2D eigenvalue weighted by atomic mass is 9.95. The van der Waals surface area contributed by atoms with Crippen LogP contribution in [0.15, 0.2) is 53.7 Å². The largest absolute Gasteiger partial charge is 0.355 e. The Morgan fingerprint density at radius 1 is 1.20 bits per heavy atom. The fourth-order valence-corrected chi connectivity index (χ4v) is 7.38. The quantitative estimate of drug-likeness (QED) is 0.419. The normalized spacial score (nSPS) is 20.4. The van der Waals surface area contributed by atoms with Crippen LogP contribution in [0.25, 0.3) is 0 Å². The van der Waals surface area contributed by atoms with Crippen molar-refractivity contribution in [3.8, 4) is 0 Å². The van der Waals surface area contributed by atoms with Crippen LogP contribution in [0.4, 0.5) is 0 Å². The van der Waals surface area contributed by atoms with E-state index in [4.69, 9.17) is 16.6 Å². The highest BCUT2D eigenvalue weighted by molar-refractivity contribution is 9.10. The number of aryl methyl sites for hydroxylation is 2. The number of amides is 1. The van der Waals surface area contributed by atoms with Crippen molar-refractivity contribution < 1.29 is 13.2 Å². The molecular formula is C28H34BrClN6O3S. The standard InChI is InChI=1S/C28H34BrClN6O3S/c1-28(2,35-11-10-31-18-35)8-9-32-27(37)24-17-34(12-13-36(24)40(3,38)39)26-23-7-6-22(30)15-19(23)4-5-20-14-21(29)16-33-25(20)26/h6-7,10-11,14-16,18,24,26H,4-5,8-9,12-13,17H2,1-3H3,(H,32,37)/t24-,26?/m1/s1. The first-order valence-corrected chi connectivity index (χ1v) is 16.4. The molecule has 2 aromatic heterocycles. The molecular weight excluding hydrogens is 616 g/mol. The van der Waals surface area contributed by atoms with E-state index in [9.17, 15) is 13.2 Å². The highest BCUT2D eigenvalue weighted by atomic mass is 79.9. The smallest absolute Gasteiger partial charge is 0.239 e. The topological polar surface area (TPSA) is 100 Å². The number of rotatable bonds is 7. The summed E-state index contributed by atoms with van der Waals surface area (Å²) in [6, 6.07) is 6.94. The summed E-state index contributed by atoms with van der Waals surface area (Å²) in [5.74, 6) is -0.300. The van der Waals surface area contributed by atoms with E-state index < -0.39 is 16.1 Å². The number of nitrogens with one attached hydrogen (secondary N) is 1. The Labute approximate surface area is 249 Å². The molecule has 1 aromatic carbocycles. The molecule has 0 bridgehead atoms. The maximum absolute atomic E-state index is 13.6. The maximum Gasteiger partial charge on any atom is 0.239 e. The van der Waals surface area contributed by atoms with Crippen molar-refractivity contribution >= 4 is 43.5 Å². The summed E-state index contributed by atoms with van der Waals surface area (Å²) in [6.45, 7) is 5.47. The number of hydrogen-bond acceptors (Lipinski definition) is 6. The van der Waals surface area contributed by atoms with Crippen LogP contribution >= 0.6 is 27.5 Å². The number of piperazine rings is 1. The van der Waals surface area contributed by atoms with Gasteiger partial charge in [0.1, 0.15) is 6.04 Å². The lowest BCUT2D eigenvalue weighted by molar-refractivity contribution is -0.126. The first kappa shape index (κ1) is 29.2. The summed E-state index contributed by atoms with van der Waals surface area (Å²) >= 11 is 9.94. The SMILES string of the molecule is CC(C)(CCNC(=O)[C@H]1CN(C2c3ccc(Cl)cc3CCc3cc(Br)cnc32)CCN1S(C)(=O)=O)n1ccnc1. The van der Waals surface area contributed by atoms with Gasteiger partial charge in [-0.1, -0.05) is 17.7 Å². The molecule has 1 amide bonds. The molecule has 2 aliphatic rings. The van der Waals surface area contributed by atoms with Crippen molar-refractivity contribution in [1.82, 2.24) is 29.1 Å². The number of hydrogen-bond donors (Lipinski definition) is 1. The molecule has 1 aliphatic carbocycles. The summed E-state index contributed by atoms with van der Waals surface area (Å²) in [6.07, 6.45) is 10.6. The third-order valence-electron chi connectivity index (χ3n) is 7.99. The minimum absolute atomic E-state index is 0.211. The minimum atomic E-state index is -3.61. The lowest BCUT2D eigenvalue weighted by Gasteiger charge is -2.43. The van der Waals surface area contributed by atoms with Gasteiger partial charge in [0.2, 0.25) is 15.9 Å². The number of benzene rings is 1. The third-order valence-corrected chi connectivity index (χ3v) is 9.94. The molecule has 2 atom stereocenters. The van der Waals surface area contributed by atoms with Gasteiger partial charge in [0, 0.05) is 59.8 Å². The molecule has 12 heteroatoms. The van der Waals surface area contributed by atoms with Gasteiger partial charge in [-0.2, -0.15) is 4.31 Å². The summed E-state index contributed by atoms with van der Waals surface area (Å²) in [4.78, 5) is 24.8. The van der Waals surface area contributed by atoms with Gasteiger partial charge in [0.05, 0.1) is 24.3 Å². The van der Waals surface area contributed by atoms with Crippen LogP contribution in [0, 0.1) is 0 Å². The van der Waals surface area contributed by atoms with E-state index >= 15 is 0 Å². The number of imidazole rings is 1. The second-order valence-electron chi connectivity index (χ2n) is 11.2. The van der Waals surface area contributed by atoms with Crippen molar-refractivity contribution in [3.63, 3.8) is 0 Å². The summed E-state index contributed by atoms with van der Waals surface area (Å²) in [7, 11) is -3.61. The van der Waals surface area contributed by atoms with Crippen LogP contribution in [-0.2, 0) is 33.2 Å². The number of halogens is 2. The van der Waals surface area contributed by atoms with Crippen molar-refractivity contribution in [2.75, 3.05) is 32.4 Å². The first-order chi connectivity index (χ1) is 18.9. The second-order valence-corrected chi connectivity index (χ2v) is 14.4. The van der Waals surface area contributed by atoms with E-state index in [1.165, 1.54) is 10.6 Å². The highest BCUT2D eigenvalue weighted by Gasteiger charge is 2.41. The van der Waals surface area contributed by atoms with Gasteiger partial charge in [0.25, 0.3) is 0 Å². The number of nitrogens with zero attached hydrogens (tertiary/aromatic N) is 5. The van der Waals surface area contributed by atoms with E-state index in [1.54, 1.807) is 18.7 Å². The number of pyridine rings is 1. The molecule has 3 aromatic rings. The van der Waals surface area contributed by atoms with Gasteiger partial charge in [-0.3, -0.25) is 14.7 Å². The number of sulfonamides is 1. The van der Waals surface area contributed by atoms with Gasteiger partial charge in [-0.25, -0.2) is 13.4 Å². The first-order valence-electron chi connectivity index (χ1n) is 13.3. The monoisotopic (exact) mass is 648 g/mol. The zero-order chi connectivity index (χ0) is 28.7. The predicted octanol–water partition coefficient (Wildman–Crippen LogP) is 3.77. The van der Waals surface area contributed by atoms with Gasteiger partial charge in [-0.15, -0.1) is 0 Å². The van der Waals surface area contributed by atoms with Crippen LogP contribution < -0.4 is 5.32 Å². The molecule has 214 valence electrons. The van der Waals surface area contributed by atoms with E-state index in [-0.39, 0.29) is 30.6 Å². The molecule has 40 heavy (non-hydrogen) atoms. The van der Waals surface area contributed by atoms with Crippen molar-refractivity contribution in [2.24, 2.45) is 0 Å². The third kappa shape index (κ3) is 6.13. The Morgan fingerprint density at radius 3 is 2.70 bits per heavy atom. The van der Waals surface area contributed by atoms with Gasteiger partial charge in [-0.05, 0) is 83.9 Å². The van der Waals surface area contributed by atoms with Crippen molar-refractivity contribution in [1.29, 1.82) is 0 Å². The predicted molar refractivity (Wildman–Crippen MR) is 159 cm³/mol. The van der Waals surface area contributed by atoms with Crippen LogP contribution in [0.3, 0.4) is 0 Å². The second kappa shape index (κ2) is 11.5. The van der Waals surface area contributed by atoms with Crippen LogP contribution in [0.5, 0.6) is 0 Å². The zero-order valence-electron chi connectivity index (χ0n) is 22.8. The van der Waals surface area contributed by atoms with Gasteiger partial charge < -0.3 is 9.88 Å². The Morgan fingerprint density at radius 2 is 1.98 bits per heavy atom. The molecule has 1 N–H and O–H groups in total. The average Bonchev–Trinajstić information content (AvgIpc) is 3.40. The molecule has 5 rings (SSSR count). The lowest BCUT2D eigenvalue weighted by Crippen LogP contribution is -2.61. The summed E-state index contributed by atoms with van der Waals surface area (Å²) in [5.41, 5.74) is 4.03. The fourth-order valence-electron chi connectivity index (χ4n) is 5.77. The maximum atomic E-state index is 13.6. The molecule has 9 nitrogen and oxygen atoms in total. The van der Waals surface area contributed by atoms with Crippen molar-refractivity contribution in [3.05, 3.63) is 81.1 Å². The molecule has 1 saturated heterocycles. The Kier molecular flexibility index (Phi) is 8.41. The molecule has 1 unspecified atom stereocenters. The molecule has 1 aliphatic heterocycles. The van der Waals surface area contributed by atoms with Gasteiger partial charge in [0.15, 0.2) is 0 Å². The van der Waals surface area contributed by atoms with Crippen molar-refractivity contribution in [2.45, 2.75) is 50.7 Å². The number of carbonyl (C=O) groups excluding carboxylic acids is 1.